The number of nitrogens with zero attached hydrogens (tertiary/aromatic N) is 3. The fourth-order valence-corrected chi connectivity index (χ4v) is 5.36. The van der Waals surface area contributed by atoms with Crippen molar-refractivity contribution in [3.63, 3.8) is 0 Å². The Morgan fingerprint density at radius 3 is 2.65 bits per heavy atom. The summed E-state index contributed by atoms with van der Waals surface area (Å²) in [5, 5.41) is 0. The van der Waals surface area contributed by atoms with Crippen molar-refractivity contribution in [2.45, 2.75) is 39.2 Å². The predicted molar refractivity (Wildman–Crippen MR) is 126 cm³/mol. The Bertz CT molecular complexity index is 946. The molecule has 170 valence electrons. The molecular weight excluding hydrogens is 434 g/mol. The lowest BCUT2D eigenvalue weighted by atomic mass is 10.2. The van der Waals surface area contributed by atoms with Crippen molar-refractivity contribution in [1.82, 2.24) is 9.47 Å². The summed E-state index contributed by atoms with van der Waals surface area (Å²) in [6.07, 6.45) is 4.53. The fourth-order valence-electron chi connectivity index (χ4n) is 3.56. The first kappa shape index (κ1) is 23.8. The smallest absolute Gasteiger partial charge is 0.258 e. The number of ether oxygens (including phenoxy) is 2. The van der Waals surface area contributed by atoms with Crippen molar-refractivity contribution >= 4 is 45.1 Å². The van der Waals surface area contributed by atoms with Gasteiger partial charge >= 0.3 is 0 Å². The summed E-state index contributed by atoms with van der Waals surface area (Å²) in [4.78, 5) is 31.9. The van der Waals surface area contributed by atoms with Gasteiger partial charge in [-0.05, 0) is 38.0 Å². The Hall–Kier alpha value is -1.84. The summed E-state index contributed by atoms with van der Waals surface area (Å²) in [5.74, 6) is 1.20. The van der Waals surface area contributed by atoms with Crippen molar-refractivity contribution in [2.75, 3.05) is 44.9 Å². The molecule has 0 atom stereocenters. The third-order valence-corrected chi connectivity index (χ3v) is 7.13. The second-order valence-electron chi connectivity index (χ2n) is 7.36. The van der Waals surface area contributed by atoms with E-state index in [9.17, 15) is 9.59 Å². The van der Waals surface area contributed by atoms with Crippen LogP contribution in [-0.4, -0.2) is 66.2 Å². The molecule has 1 aromatic carbocycles. The van der Waals surface area contributed by atoms with Gasteiger partial charge in [-0.3, -0.25) is 9.59 Å². The molecule has 2 aromatic rings. The van der Waals surface area contributed by atoms with Gasteiger partial charge in [-0.2, -0.15) is 4.99 Å². The van der Waals surface area contributed by atoms with Gasteiger partial charge in [0, 0.05) is 26.2 Å². The maximum Gasteiger partial charge on any atom is 0.258 e. The number of benzene rings is 1. The van der Waals surface area contributed by atoms with E-state index in [-0.39, 0.29) is 17.6 Å². The van der Waals surface area contributed by atoms with Gasteiger partial charge in [0.1, 0.15) is 5.75 Å². The number of thioether (sulfide) groups is 1. The number of hydrogen-bond acceptors (Lipinski definition) is 6. The van der Waals surface area contributed by atoms with Crippen LogP contribution in [0.3, 0.4) is 0 Å². The van der Waals surface area contributed by atoms with E-state index in [2.05, 4.69) is 4.99 Å². The van der Waals surface area contributed by atoms with E-state index < -0.39 is 0 Å². The summed E-state index contributed by atoms with van der Waals surface area (Å²) in [6, 6.07) is 5.84. The highest BCUT2D eigenvalue weighted by atomic mass is 32.2. The number of carbonyl (C=O) groups excluding carboxylic acids is 2. The van der Waals surface area contributed by atoms with E-state index in [1.54, 1.807) is 7.11 Å². The molecule has 0 radical (unpaired) electrons. The normalized spacial score (nSPS) is 15.3. The van der Waals surface area contributed by atoms with E-state index in [1.165, 1.54) is 35.9 Å². The molecule has 7 nitrogen and oxygen atoms in total. The molecule has 3 rings (SSSR count). The Kier molecular flexibility index (Phi) is 9.42. The number of likely N-dealkylation sites (tertiary alicyclic amines) is 1. The first-order valence-electron chi connectivity index (χ1n) is 10.8. The van der Waals surface area contributed by atoms with Crippen LogP contribution in [0.4, 0.5) is 0 Å². The van der Waals surface area contributed by atoms with Gasteiger partial charge in [0.2, 0.25) is 5.91 Å². The molecule has 1 fully saturated rings. The average molecular weight is 466 g/mol. The quantitative estimate of drug-likeness (QED) is 0.531. The third kappa shape index (κ3) is 6.82. The Labute approximate surface area is 191 Å². The molecule has 2 heterocycles. The first-order chi connectivity index (χ1) is 15.1. The molecule has 1 aliphatic rings. The second kappa shape index (κ2) is 12.3. The van der Waals surface area contributed by atoms with Gasteiger partial charge in [0.25, 0.3) is 5.91 Å². The van der Waals surface area contributed by atoms with Crippen LogP contribution in [0.1, 0.15) is 32.6 Å². The molecule has 2 amide bonds. The molecule has 0 bridgehead atoms. The van der Waals surface area contributed by atoms with Crippen molar-refractivity contribution < 1.29 is 19.1 Å². The minimum atomic E-state index is -0.225. The summed E-state index contributed by atoms with van der Waals surface area (Å²) >= 11 is 2.81. The van der Waals surface area contributed by atoms with E-state index in [4.69, 9.17) is 9.47 Å². The van der Waals surface area contributed by atoms with Crippen molar-refractivity contribution in [2.24, 2.45) is 4.99 Å². The monoisotopic (exact) mass is 465 g/mol. The van der Waals surface area contributed by atoms with Gasteiger partial charge in [-0.25, -0.2) is 0 Å². The number of fused-ring (bicyclic) bond motifs is 1. The van der Waals surface area contributed by atoms with Gasteiger partial charge in [0.05, 0.1) is 35.4 Å². The van der Waals surface area contributed by atoms with Crippen LogP contribution in [0.5, 0.6) is 5.75 Å². The number of thiazole rings is 1. The van der Waals surface area contributed by atoms with Crippen LogP contribution in [0, 0.1) is 0 Å². The largest absolute Gasteiger partial charge is 0.497 e. The van der Waals surface area contributed by atoms with E-state index >= 15 is 0 Å². The zero-order valence-corrected chi connectivity index (χ0v) is 19.9. The van der Waals surface area contributed by atoms with Crippen molar-refractivity contribution in [1.29, 1.82) is 0 Å². The van der Waals surface area contributed by atoms with Crippen LogP contribution in [0.2, 0.25) is 0 Å². The third-order valence-electron chi connectivity index (χ3n) is 5.18. The van der Waals surface area contributed by atoms with Gasteiger partial charge in [-0.1, -0.05) is 24.2 Å². The van der Waals surface area contributed by atoms with Crippen LogP contribution < -0.4 is 9.54 Å². The van der Waals surface area contributed by atoms with E-state index in [1.807, 2.05) is 34.6 Å². The van der Waals surface area contributed by atoms with E-state index in [0.717, 1.165) is 41.9 Å². The Morgan fingerprint density at radius 1 is 1.16 bits per heavy atom. The maximum atomic E-state index is 12.5. The summed E-state index contributed by atoms with van der Waals surface area (Å²) < 4.78 is 13.8. The minimum Gasteiger partial charge on any atom is -0.497 e. The standard InChI is InChI=1S/C22H31N3O4S2/c1-3-29-13-12-25-18-9-8-17(28-2)14-19(18)31-22(25)23-20(26)15-30-16-21(27)24-10-6-4-5-7-11-24/h8-9,14H,3-7,10-13,15-16H2,1-2H3. The van der Waals surface area contributed by atoms with Crippen LogP contribution in [0.25, 0.3) is 10.2 Å². The Balaban J connectivity index is 1.67. The number of hydrogen-bond donors (Lipinski definition) is 0. The molecule has 1 saturated heterocycles. The van der Waals surface area contributed by atoms with Crippen molar-refractivity contribution in [3.8, 4) is 5.75 Å². The molecule has 1 aliphatic heterocycles. The highest BCUT2D eigenvalue weighted by Crippen LogP contribution is 2.23. The molecule has 0 unspecified atom stereocenters. The van der Waals surface area contributed by atoms with E-state index in [0.29, 0.717) is 30.3 Å². The van der Waals surface area contributed by atoms with Crippen LogP contribution in [0.15, 0.2) is 23.2 Å². The fraction of sp³-hybridized carbons (Fsp3) is 0.591. The Morgan fingerprint density at radius 2 is 1.94 bits per heavy atom. The summed E-state index contributed by atoms with van der Waals surface area (Å²) in [7, 11) is 1.64. The zero-order valence-electron chi connectivity index (χ0n) is 18.3. The van der Waals surface area contributed by atoms with Gasteiger partial charge < -0.3 is 18.9 Å². The topological polar surface area (TPSA) is 73.1 Å². The molecule has 0 N–H and O–H groups in total. The lowest BCUT2D eigenvalue weighted by Gasteiger charge is -2.19. The highest BCUT2D eigenvalue weighted by Gasteiger charge is 2.16. The number of rotatable bonds is 9. The van der Waals surface area contributed by atoms with Gasteiger partial charge in [0.15, 0.2) is 4.80 Å². The molecule has 0 aliphatic carbocycles. The average Bonchev–Trinajstić information content (AvgIpc) is 2.93. The van der Waals surface area contributed by atoms with Crippen LogP contribution >= 0.6 is 23.1 Å². The molecule has 31 heavy (non-hydrogen) atoms. The first-order valence-corrected chi connectivity index (χ1v) is 12.8. The SMILES string of the molecule is CCOCCn1c(=NC(=O)CSCC(=O)N2CCCCCC2)sc2cc(OC)ccc21. The molecular formula is C22H31N3O4S2. The zero-order chi connectivity index (χ0) is 22.1. The second-order valence-corrected chi connectivity index (χ2v) is 9.35. The minimum absolute atomic E-state index is 0.125. The number of amides is 2. The molecule has 1 aromatic heterocycles. The lowest BCUT2D eigenvalue weighted by molar-refractivity contribution is -0.128. The molecule has 0 saturated carbocycles. The molecule has 0 spiro atoms. The predicted octanol–water partition coefficient (Wildman–Crippen LogP) is 3.31. The number of carbonyl (C=O) groups is 2. The van der Waals surface area contributed by atoms with Crippen molar-refractivity contribution in [3.05, 3.63) is 23.0 Å². The summed E-state index contributed by atoms with van der Waals surface area (Å²) in [5.41, 5.74) is 1.00. The van der Waals surface area contributed by atoms with Gasteiger partial charge in [-0.15, -0.1) is 11.8 Å². The highest BCUT2D eigenvalue weighted by molar-refractivity contribution is 8.00. The van der Waals surface area contributed by atoms with Crippen LogP contribution in [-0.2, 0) is 20.9 Å². The molecule has 9 heteroatoms. The number of methoxy groups -OCH3 is 1. The summed E-state index contributed by atoms with van der Waals surface area (Å²) in [6.45, 7) is 5.44. The number of aromatic nitrogens is 1. The lowest BCUT2D eigenvalue weighted by Crippen LogP contribution is -2.33. The maximum absolute atomic E-state index is 12.5.